The van der Waals surface area contributed by atoms with E-state index in [9.17, 15) is 13.2 Å². The SMILES string of the molecule is CC(OCc1ccc(C#N)cc1Cl)C(F)(F)F. The second-order valence-corrected chi connectivity index (χ2v) is 3.82. The second kappa shape index (κ2) is 5.39. The normalized spacial score (nSPS) is 13.2. The highest BCUT2D eigenvalue weighted by Gasteiger charge is 2.36. The van der Waals surface area contributed by atoms with Crippen LogP contribution in [0.25, 0.3) is 0 Å². The molecule has 0 N–H and O–H groups in total. The van der Waals surface area contributed by atoms with Crippen molar-refractivity contribution in [2.75, 3.05) is 0 Å². The third kappa shape index (κ3) is 3.91. The van der Waals surface area contributed by atoms with Crippen LogP contribution in [0.4, 0.5) is 13.2 Å². The quantitative estimate of drug-likeness (QED) is 0.833. The molecule has 6 heteroatoms. The topological polar surface area (TPSA) is 33.0 Å². The van der Waals surface area contributed by atoms with Crippen LogP contribution < -0.4 is 0 Å². The maximum atomic E-state index is 12.2. The van der Waals surface area contributed by atoms with Gasteiger partial charge in [0.05, 0.1) is 18.2 Å². The minimum atomic E-state index is -4.39. The van der Waals surface area contributed by atoms with E-state index < -0.39 is 12.3 Å². The van der Waals surface area contributed by atoms with Crippen molar-refractivity contribution in [1.82, 2.24) is 0 Å². The smallest absolute Gasteiger partial charge is 0.364 e. The summed E-state index contributed by atoms with van der Waals surface area (Å²) in [6, 6.07) is 6.22. The Hall–Kier alpha value is -1.25. The molecule has 0 radical (unpaired) electrons. The summed E-state index contributed by atoms with van der Waals surface area (Å²) in [6.07, 6.45) is -6.24. The number of benzene rings is 1. The van der Waals surface area contributed by atoms with Gasteiger partial charge in [0.2, 0.25) is 0 Å². The number of hydrogen-bond acceptors (Lipinski definition) is 2. The van der Waals surface area contributed by atoms with Crippen LogP contribution in [0.5, 0.6) is 0 Å². The third-order valence-corrected chi connectivity index (χ3v) is 2.48. The van der Waals surface area contributed by atoms with Gasteiger partial charge in [-0.2, -0.15) is 18.4 Å². The minimum absolute atomic E-state index is 0.221. The van der Waals surface area contributed by atoms with Gasteiger partial charge in [0.1, 0.15) is 0 Å². The fourth-order valence-electron chi connectivity index (χ4n) is 1.04. The summed E-state index contributed by atoms with van der Waals surface area (Å²) in [5.74, 6) is 0. The fraction of sp³-hybridized carbons (Fsp3) is 0.364. The number of halogens is 4. The largest absolute Gasteiger partial charge is 0.414 e. The summed E-state index contributed by atoms with van der Waals surface area (Å²) in [5, 5.41) is 8.81. The average molecular weight is 264 g/mol. The molecule has 0 bridgehead atoms. The number of ether oxygens (including phenoxy) is 1. The van der Waals surface area contributed by atoms with Gasteiger partial charge in [0.15, 0.2) is 6.10 Å². The zero-order valence-electron chi connectivity index (χ0n) is 8.88. The summed E-state index contributed by atoms with van der Waals surface area (Å²) >= 11 is 5.79. The zero-order chi connectivity index (χ0) is 13.1. The molecule has 2 nitrogen and oxygen atoms in total. The molecule has 1 aromatic carbocycles. The molecule has 0 fully saturated rings. The Morgan fingerprint density at radius 3 is 2.59 bits per heavy atom. The van der Waals surface area contributed by atoms with Crippen molar-refractivity contribution in [3.05, 3.63) is 34.3 Å². The van der Waals surface area contributed by atoms with Crippen LogP contribution in [0.15, 0.2) is 18.2 Å². The predicted molar refractivity (Wildman–Crippen MR) is 56.5 cm³/mol. The molecule has 0 aliphatic heterocycles. The Balaban J connectivity index is 2.68. The number of nitrogens with zero attached hydrogens (tertiary/aromatic N) is 1. The van der Waals surface area contributed by atoms with Gasteiger partial charge in [-0.3, -0.25) is 0 Å². The van der Waals surface area contributed by atoms with E-state index in [-0.39, 0.29) is 11.6 Å². The molecule has 1 unspecified atom stereocenters. The molecule has 0 amide bonds. The summed E-state index contributed by atoms with van der Waals surface area (Å²) in [6.45, 7) is 0.683. The monoisotopic (exact) mass is 263 g/mol. The van der Waals surface area contributed by atoms with Crippen molar-refractivity contribution >= 4 is 11.6 Å². The van der Waals surface area contributed by atoms with Gasteiger partial charge < -0.3 is 4.74 Å². The first-order valence-corrected chi connectivity index (χ1v) is 5.09. The van der Waals surface area contributed by atoms with Crippen LogP contribution >= 0.6 is 11.6 Å². The van der Waals surface area contributed by atoms with Gasteiger partial charge in [-0.25, -0.2) is 0 Å². The van der Waals surface area contributed by atoms with Gasteiger partial charge in [0.25, 0.3) is 0 Å². The Bertz CT molecular complexity index is 439. The van der Waals surface area contributed by atoms with Crippen LogP contribution in [0, 0.1) is 11.3 Å². The van der Waals surface area contributed by atoms with Crippen LogP contribution in [0.1, 0.15) is 18.1 Å². The predicted octanol–water partition coefficient (Wildman–Crippen LogP) is 3.68. The van der Waals surface area contributed by atoms with Gasteiger partial charge >= 0.3 is 6.18 Å². The van der Waals surface area contributed by atoms with Crippen molar-refractivity contribution in [2.45, 2.75) is 25.8 Å². The maximum Gasteiger partial charge on any atom is 0.414 e. The highest BCUT2D eigenvalue weighted by atomic mass is 35.5. The summed E-state index contributed by atoms with van der Waals surface area (Å²) in [5.41, 5.74) is 0.768. The first kappa shape index (κ1) is 13.8. The second-order valence-electron chi connectivity index (χ2n) is 3.41. The zero-order valence-corrected chi connectivity index (χ0v) is 9.64. The lowest BCUT2D eigenvalue weighted by molar-refractivity contribution is -0.217. The summed E-state index contributed by atoms with van der Waals surface area (Å²) < 4.78 is 41.2. The van der Waals surface area contributed by atoms with Gasteiger partial charge in [-0.05, 0) is 24.6 Å². The average Bonchev–Trinajstić information content (AvgIpc) is 2.25. The first-order chi connectivity index (χ1) is 7.84. The van der Waals surface area contributed by atoms with Crippen molar-refractivity contribution in [1.29, 1.82) is 5.26 Å². The molecule has 17 heavy (non-hydrogen) atoms. The van der Waals surface area contributed by atoms with Gasteiger partial charge in [0, 0.05) is 5.02 Å². The van der Waals surface area contributed by atoms with Crippen molar-refractivity contribution < 1.29 is 17.9 Å². The Morgan fingerprint density at radius 2 is 2.12 bits per heavy atom. The molecule has 1 rings (SSSR count). The van der Waals surface area contributed by atoms with Crippen LogP contribution in [-0.2, 0) is 11.3 Å². The van der Waals surface area contributed by atoms with E-state index in [1.165, 1.54) is 18.2 Å². The summed E-state index contributed by atoms with van der Waals surface area (Å²) in [7, 11) is 0. The molecule has 0 aliphatic rings. The van der Waals surface area contributed by atoms with Crippen molar-refractivity contribution in [3.63, 3.8) is 0 Å². The lowest BCUT2D eigenvalue weighted by Crippen LogP contribution is -2.28. The fourth-order valence-corrected chi connectivity index (χ4v) is 1.28. The highest BCUT2D eigenvalue weighted by molar-refractivity contribution is 6.31. The highest BCUT2D eigenvalue weighted by Crippen LogP contribution is 2.25. The van der Waals surface area contributed by atoms with Gasteiger partial charge in [-0.15, -0.1) is 0 Å². The lowest BCUT2D eigenvalue weighted by Gasteiger charge is -2.16. The molecule has 0 aromatic heterocycles. The lowest BCUT2D eigenvalue weighted by atomic mass is 10.1. The molecule has 0 saturated heterocycles. The molecule has 0 saturated carbocycles. The Labute approximate surface area is 102 Å². The van der Waals surface area contributed by atoms with Crippen LogP contribution in [0.2, 0.25) is 5.02 Å². The molecule has 0 aliphatic carbocycles. The van der Waals surface area contributed by atoms with Crippen molar-refractivity contribution in [2.24, 2.45) is 0 Å². The third-order valence-electron chi connectivity index (χ3n) is 2.13. The van der Waals surface area contributed by atoms with Gasteiger partial charge in [-0.1, -0.05) is 17.7 Å². The molecule has 0 heterocycles. The number of rotatable bonds is 3. The van der Waals surface area contributed by atoms with Crippen molar-refractivity contribution in [3.8, 4) is 6.07 Å². The minimum Gasteiger partial charge on any atom is -0.364 e. The molecular formula is C11H9ClF3NO. The molecule has 92 valence electrons. The Kier molecular flexibility index (Phi) is 4.38. The van der Waals surface area contributed by atoms with E-state index in [1.807, 2.05) is 6.07 Å². The molecule has 1 aromatic rings. The number of hydrogen-bond donors (Lipinski definition) is 0. The maximum absolute atomic E-state index is 12.2. The summed E-state index contributed by atoms with van der Waals surface area (Å²) in [4.78, 5) is 0. The van der Waals surface area contributed by atoms with E-state index in [0.717, 1.165) is 6.92 Å². The molecule has 0 spiro atoms. The van der Waals surface area contributed by atoms with E-state index in [2.05, 4.69) is 4.74 Å². The molecule has 1 atom stereocenters. The van der Waals surface area contributed by atoms with E-state index in [0.29, 0.717) is 11.1 Å². The van der Waals surface area contributed by atoms with Crippen LogP contribution in [0.3, 0.4) is 0 Å². The van der Waals surface area contributed by atoms with E-state index in [4.69, 9.17) is 16.9 Å². The number of nitriles is 1. The van der Waals surface area contributed by atoms with E-state index in [1.54, 1.807) is 0 Å². The molecular weight excluding hydrogens is 255 g/mol. The van der Waals surface area contributed by atoms with E-state index >= 15 is 0 Å². The number of alkyl halides is 3. The standard InChI is InChI=1S/C11H9ClF3NO/c1-7(11(13,14)15)17-6-9-3-2-8(5-16)4-10(9)12/h2-4,7H,6H2,1H3. The first-order valence-electron chi connectivity index (χ1n) is 4.71. The van der Waals surface area contributed by atoms with Crippen LogP contribution in [-0.4, -0.2) is 12.3 Å². The Morgan fingerprint density at radius 1 is 1.47 bits per heavy atom.